The second-order valence-corrected chi connectivity index (χ2v) is 6.42. The lowest BCUT2D eigenvalue weighted by Crippen LogP contribution is -2.49. The third kappa shape index (κ3) is 5.43. The molecule has 1 aromatic carbocycles. The van der Waals surface area contributed by atoms with Gasteiger partial charge in [0.05, 0.1) is 6.54 Å². The molecule has 0 unspecified atom stereocenters. The molecule has 0 aliphatic heterocycles. The van der Waals surface area contributed by atoms with E-state index in [1.165, 1.54) is 0 Å². The molecule has 0 spiro atoms. The summed E-state index contributed by atoms with van der Waals surface area (Å²) in [5.41, 5.74) is 0. The van der Waals surface area contributed by atoms with Crippen molar-refractivity contribution in [3.63, 3.8) is 0 Å². The van der Waals surface area contributed by atoms with Crippen molar-refractivity contribution in [2.45, 2.75) is 45.3 Å². The van der Waals surface area contributed by atoms with Crippen molar-refractivity contribution in [2.75, 3.05) is 6.54 Å². The van der Waals surface area contributed by atoms with Gasteiger partial charge in [-0.1, -0.05) is 18.0 Å². The number of carbonyl (C=O) groups is 2. The van der Waals surface area contributed by atoms with E-state index in [0.29, 0.717) is 17.3 Å². The van der Waals surface area contributed by atoms with Gasteiger partial charge in [-0.3, -0.25) is 9.59 Å². The van der Waals surface area contributed by atoms with Crippen LogP contribution in [-0.2, 0) is 9.59 Å². The third-order valence-corrected chi connectivity index (χ3v) is 4.19. The van der Waals surface area contributed by atoms with Crippen LogP contribution >= 0.6 is 11.6 Å². The van der Waals surface area contributed by atoms with Crippen LogP contribution in [0.15, 0.2) is 24.3 Å². The first-order valence-electron chi connectivity index (χ1n) is 7.96. The normalized spacial score (nSPS) is 16.8. The number of carbonyl (C=O) groups excluding carboxylic acids is 2. The second kappa shape index (κ2) is 8.20. The number of rotatable bonds is 7. The van der Waals surface area contributed by atoms with Crippen LogP contribution < -0.4 is 15.4 Å². The maximum atomic E-state index is 12.0. The lowest BCUT2D eigenvalue weighted by molar-refractivity contribution is -0.132. The van der Waals surface area contributed by atoms with Crippen molar-refractivity contribution in [2.24, 2.45) is 5.92 Å². The molecule has 1 fully saturated rings. The van der Waals surface area contributed by atoms with Crippen molar-refractivity contribution < 1.29 is 14.3 Å². The van der Waals surface area contributed by atoms with Crippen LogP contribution in [0.25, 0.3) is 0 Å². The van der Waals surface area contributed by atoms with Crippen LogP contribution in [0, 0.1) is 5.92 Å². The molecule has 23 heavy (non-hydrogen) atoms. The van der Waals surface area contributed by atoms with E-state index in [4.69, 9.17) is 16.3 Å². The van der Waals surface area contributed by atoms with E-state index in [9.17, 15) is 9.59 Å². The van der Waals surface area contributed by atoms with Gasteiger partial charge in [0.1, 0.15) is 17.9 Å². The minimum Gasteiger partial charge on any atom is -0.489 e. The fraction of sp³-hybridized carbons (Fsp3) is 0.529. The van der Waals surface area contributed by atoms with Gasteiger partial charge >= 0.3 is 0 Å². The van der Waals surface area contributed by atoms with Gasteiger partial charge in [-0.25, -0.2) is 0 Å². The van der Waals surface area contributed by atoms with Crippen LogP contribution in [0.3, 0.4) is 0 Å². The number of ether oxygens (including phenoxy) is 1. The maximum Gasteiger partial charge on any atom is 0.242 e. The highest BCUT2D eigenvalue weighted by Crippen LogP contribution is 2.26. The molecule has 0 bridgehead atoms. The molecule has 1 saturated carbocycles. The van der Waals surface area contributed by atoms with E-state index in [1.54, 1.807) is 31.2 Å². The van der Waals surface area contributed by atoms with Gasteiger partial charge in [0, 0.05) is 10.9 Å². The fourth-order valence-corrected chi connectivity index (χ4v) is 2.38. The lowest BCUT2D eigenvalue weighted by Gasteiger charge is -2.26. The van der Waals surface area contributed by atoms with Gasteiger partial charge in [-0.05, 0) is 51.0 Å². The van der Waals surface area contributed by atoms with Gasteiger partial charge < -0.3 is 15.4 Å². The zero-order valence-electron chi connectivity index (χ0n) is 13.5. The van der Waals surface area contributed by atoms with Crippen LogP contribution in [0.4, 0.5) is 0 Å². The Balaban J connectivity index is 1.69. The Hall–Kier alpha value is -1.75. The number of halogens is 1. The first-order chi connectivity index (χ1) is 11.0. The Labute approximate surface area is 141 Å². The average molecular weight is 339 g/mol. The minimum absolute atomic E-state index is 0.0237. The van der Waals surface area contributed by atoms with Crippen LogP contribution in [0.2, 0.25) is 5.02 Å². The molecule has 0 radical (unpaired) electrons. The molecule has 126 valence electrons. The van der Waals surface area contributed by atoms with Crippen molar-refractivity contribution >= 4 is 23.4 Å². The molecule has 2 atom stereocenters. The molecule has 6 heteroatoms. The number of hydrogen-bond donors (Lipinski definition) is 2. The molecule has 2 amide bonds. The van der Waals surface area contributed by atoms with Crippen LogP contribution in [0.1, 0.15) is 33.1 Å². The number of benzene rings is 1. The van der Waals surface area contributed by atoms with E-state index in [1.807, 2.05) is 6.92 Å². The van der Waals surface area contributed by atoms with E-state index in [0.717, 1.165) is 19.3 Å². The molecule has 0 aromatic heterocycles. The number of hydrogen-bond acceptors (Lipinski definition) is 3. The zero-order valence-corrected chi connectivity index (χ0v) is 14.2. The lowest BCUT2D eigenvalue weighted by atomic mass is 9.84. The number of amides is 2. The van der Waals surface area contributed by atoms with Gasteiger partial charge in [-0.15, -0.1) is 0 Å². The maximum absolute atomic E-state index is 12.0. The van der Waals surface area contributed by atoms with E-state index >= 15 is 0 Å². The monoisotopic (exact) mass is 338 g/mol. The van der Waals surface area contributed by atoms with E-state index < -0.39 is 6.04 Å². The highest BCUT2D eigenvalue weighted by atomic mass is 35.5. The molecule has 1 aliphatic carbocycles. The Morgan fingerprint density at radius 1 is 1.26 bits per heavy atom. The summed E-state index contributed by atoms with van der Waals surface area (Å²) in [6.45, 7) is 3.92. The summed E-state index contributed by atoms with van der Waals surface area (Å²) in [4.78, 5) is 23.8. The van der Waals surface area contributed by atoms with E-state index in [-0.39, 0.29) is 23.8 Å². The second-order valence-electron chi connectivity index (χ2n) is 5.99. The molecule has 1 aromatic rings. The minimum atomic E-state index is -0.536. The highest BCUT2D eigenvalue weighted by Gasteiger charge is 2.27. The largest absolute Gasteiger partial charge is 0.489 e. The Morgan fingerprint density at radius 2 is 1.91 bits per heavy atom. The van der Waals surface area contributed by atoms with Crippen molar-refractivity contribution in [3.05, 3.63) is 29.3 Å². The molecule has 1 aliphatic rings. The Morgan fingerprint density at radius 3 is 2.48 bits per heavy atom. The van der Waals surface area contributed by atoms with E-state index in [2.05, 4.69) is 10.6 Å². The zero-order chi connectivity index (χ0) is 16.8. The van der Waals surface area contributed by atoms with Crippen molar-refractivity contribution in [1.82, 2.24) is 10.6 Å². The first-order valence-corrected chi connectivity index (χ1v) is 8.34. The molecular weight excluding hydrogens is 316 g/mol. The standard InChI is InChI=1S/C17H23ClN2O3/c1-11(23-15-8-6-14(18)7-9-15)10-19-16(21)12(2)20-17(22)13-4-3-5-13/h6-9,11-13H,3-5,10H2,1-2H3,(H,19,21)(H,20,22)/t11-,12-/m1/s1. The summed E-state index contributed by atoms with van der Waals surface area (Å²) >= 11 is 5.82. The summed E-state index contributed by atoms with van der Waals surface area (Å²) < 4.78 is 5.68. The molecule has 0 saturated heterocycles. The van der Waals surface area contributed by atoms with Crippen LogP contribution in [0.5, 0.6) is 5.75 Å². The number of nitrogens with one attached hydrogen (secondary N) is 2. The van der Waals surface area contributed by atoms with Gasteiger partial charge in [0.2, 0.25) is 11.8 Å². The Bertz CT molecular complexity index is 543. The molecular formula is C17H23ClN2O3. The topological polar surface area (TPSA) is 67.4 Å². The molecule has 5 nitrogen and oxygen atoms in total. The fourth-order valence-electron chi connectivity index (χ4n) is 2.25. The smallest absolute Gasteiger partial charge is 0.242 e. The van der Waals surface area contributed by atoms with Gasteiger partial charge in [-0.2, -0.15) is 0 Å². The summed E-state index contributed by atoms with van der Waals surface area (Å²) in [7, 11) is 0. The van der Waals surface area contributed by atoms with Crippen molar-refractivity contribution in [1.29, 1.82) is 0 Å². The summed E-state index contributed by atoms with van der Waals surface area (Å²) in [6.07, 6.45) is 2.76. The quantitative estimate of drug-likeness (QED) is 0.802. The SMILES string of the molecule is C[C@H](CNC(=O)[C@@H](C)NC(=O)C1CCC1)Oc1ccc(Cl)cc1. The molecule has 2 N–H and O–H groups in total. The van der Waals surface area contributed by atoms with Gasteiger partial charge in [0.15, 0.2) is 0 Å². The van der Waals surface area contributed by atoms with Crippen molar-refractivity contribution in [3.8, 4) is 5.75 Å². The summed E-state index contributed by atoms with van der Waals surface area (Å²) in [5.74, 6) is 0.550. The predicted octanol–water partition coefficient (Wildman–Crippen LogP) is 2.53. The van der Waals surface area contributed by atoms with Crippen LogP contribution in [-0.4, -0.2) is 30.5 Å². The molecule has 2 rings (SSSR count). The summed E-state index contributed by atoms with van der Waals surface area (Å²) in [5, 5.41) is 6.19. The third-order valence-electron chi connectivity index (χ3n) is 3.94. The van der Waals surface area contributed by atoms with Gasteiger partial charge in [0.25, 0.3) is 0 Å². The first kappa shape index (κ1) is 17.6. The average Bonchev–Trinajstić information content (AvgIpc) is 2.45. The summed E-state index contributed by atoms with van der Waals surface area (Å²) in [6, 6.07) is 6.52. The Kier molecular flexibility index (Phi) is 6.28. The highest BCUT2D eigenvalue weighted by molar-refractivity contribution is 6.30. The predicted molar refractivity (Wildman–Crippen MR) is 89.5 cm³/mol. The molecule has 0 heterocycles.